The molecule has 6 rings (SSSR count). The normalized spacial score (nSPS) is 41.4. The molecule has 2 aromatic rings. The number of hydrogen-bond donors (Lipinski definition) is 1. The zero-order chi connectivity index (χ0) is 20.7. The average molecular weight is 413 g/mol. The maximum Gasteiger partial charge on any atom is 0.226 e. The monoisotopic (exact) mass is 413 g/mol. The van der Waals surface area contributed by atoms with E-state index in [1.54, 1.807) is 16.6 Å². The van der Waals surface area contributed by atoms with Crippen LogP contribution in [0.25, 0.3) is 5.52 Å². The molecule has 4 aliphatic rings. The number of nitrogens with zero attached hydrogens (tertiary/aromatic N) is 4. The molecule has 3 saturated heterocycles. The Morgan fingerprint density at radius 1 is 1.30 bits per heavy atom. The average Bonchev–Trinajstić information content (AvgIpc) is 3.08. The molecule has 5 heterocycles. The quantitative estimate of drug-likeness (QED) is 0.791. The van der Waals surface area contributed by atoms with Crippen LogP contribution in [0.3, 0.4) is 0 Å². The van der Waals surface area contributed by atoms with Gasteiger partial charge in [-0.25, -0.2) is 9.50 Å². The number of hydrogen-bond acceptors (Lipinski definition) is 9. The predicted molar refractivity (Wildman–Crippen MR) is 101 cm³/mol. The number of rotatable bonds is 3. The van der Waals surface area contributed by atoms with Crippen LogP contribution in [0.2, 0.25) is 0 Å². The van der Waals surface area contributed by atoms with E-state index in [0.29, 0.717) is 23.6 Å². The van der Waals surface area contributed by atoms with Gasteiger partial charge in [0, 0.05) is 6.61 Å². The summed E-state index contributed by atoms with van der Waals surface area (Å²) in [5, 5.41) is 14.6. The lowest BCUT2D eigenvalue weighted by Gasteiger charge is -2.31. The van der Waals surface area contributed by atoms with Crippen molar-refractivity contribution in [2.24, 2.45) is 0 Å². The number of fused-ring (bicyclic) bond motifs is 1. The summed E-state index contributed by atoms with van der Waals surface area (Å²) in [5.74, 6) is -0.566. The molecule has 10 heteroatoms. The molecule has 0 aromatic carbocycles. The molecule has 0 amide bonds. The van der Waals surface area contributed by atoms with Crippen molar-refractivity contribution in [1.29, 1.82) is 5.26 Å². The SMILES string of the molecule is CC1(C)O[C@H]2C(C#N)(c3ccc4c(N)ncnn34)O[C@@H]3C(OC4CCCCO4)[C@@]32O1. The second-order valence-corrected chi connectivity index (χ2v) is 8.75. The highest BCUT2D eigenvalue weighted by Gasteiger charge is 2.89. The standard InChI is InChI=1S/C20H23N5O5/c1-18(2)29-17-19(9-21,12-7-6-11-16(22)23-10-24-25(11)12)28-15-14(20(15,17)30-18)27-13-5-3-4-8-26-13/h6-7,10,13-15,17H,3-5,8H2,1-2H3,(H2,22,23,24)/t13?,14?,15-,17+,19?,20-/m1/s1. The Balaban J connectivity index is 1.40. The van der Waals surface area contributed by atoms with Gasteiger partial charge in [0.1, 0.15) is 36.2 Å². The zero-order valence-electron chi connectivity index (χ0n) is 16.8. The van der Waals surface area contributed by atoms with E-state index in [-0.39, 0.29) is 12.4 Å². The Kier molecular flexibility index (Phi) is 3.63. The van der Waals surface area contributed by atoms with Crippen molar-refractivity contribution in [3.8, 4) is 6.07 Å². The van der Waals surface area contributed by atoms with Crippen molar-refractivity contribution in [1.82, 2.24) is 14.6 Å². The highest BCUT2D eigenvalue weighted by atomic mass is 16.8. The van der Waals surface area contributed by atoms with Gasteiger partial charge in [-0.3, -0.25) is 0 Å². The lowest BCUT2D eigenvalue weighted by atomic mass is 9.90. The van der Waals surface area contributed by atoms with E-state index >= 15 is 0 Å². The van der Waals surface area contributed by atoms with Gasteiger partial charge in [0.25, 0.3) is 0 Å². The molecule has 6 atom stereocenters. The predicted octanol–water partition coefficient (Wildman–Crippen LogP) is 1.24. The van der Waals surface area contributed by atoms with Gasteiger partial charge in [-0.15, -0.1) is 0 Å². The molecule has 1 aliphatic carbocycles. The molecule has 0 bridgehead atoms. The van der Waals surface area contributed by atoms with Crippen molar-refractivity contribution in [2.75, 3.05) is 12.3 Å². The van der Waals surface area contributed by atoms with E-state index < -0.39 is 29.2 Å². The molecular formula is C20H23N5O5. The molecule has 10 nitrogen and oxygen atoms in total. The van der Waals surface area contributed by atoms with Crippen LogP contribution < -0.4 is 5.73 Å². The number of nitrogens with two attached hydrogens (primary N) is 1. The zero-order valence-corrected chi connectivity index (χ0v) is 16.8. The van der Waals surface area contributed by atoms with Gasteiger partial charge in [-0.2, -0.15) is 10.4 Å². The Hall–Kier alpha value is -2.29. The molecule has 2 aromatic heterocycles. The summed E-state index contributed by atoms with van der Waals surface area (Å²) in [7, 11) is 0. The minimum Gasteiger partial charge on any atom is -0.382 e. The minimum atomic E-state index is -1.42. The van der Waals surface area contributed by atoms with E-state index in [9.17, 15) is 5.26 Å². The fraction of sp³-hybridized carbons (Fsp3) is 0.650. The summed E-state index contributed by atoms with van der Waals surface area (Å²) in [4.78, 5) is 4.02. The van der Waals surface area contributed by atoms with Crippen molar-refractivity contribution in [2.45, 2.75) is 74.7 Å². The van der Waals surface area contributed by atoms with Gasteiger partial charge >= 0.3 is 0 Å². The molecule has 1 saturated carbocycles. The highest BCUT2D eigenvalue weighted by molar-refractivity contribution is 5.66. The third-order valence-corrected chi connectivity index (χ3v) is 6.44. The van der Waals surface area contributed by atoms with Gasteiger partial charge in [0.15, 0.2) is 23.5 Å². The summed E-state index contributed by atoms with van der Waals surface area (Å²) >= 11 is 0. The van der Waals surface area contributed by atoms with Crippen LogP contribution in [-0.2, 0) is 29.3 Å². The van der Waals surface area contributed by atoms with Gasteiger partial charge in [-0.1, -0.05) is 0 Å². The van der Waals surface area contributed by atoms with Crippen molar-refractivity contribution < 1.29 is 23.7 Å². The molecule has 2 N–H and O–H groups in total. The Labute approximate surface area is 172 Å². The molecule has 3 aliphatic heterocycles. The molecular weight excluding hydrogens is 390 g/mol. The minimum absolute atomic E-state index is 0.293. The number of anilines is 1. The largest absolute Gasteiger partial charge is 0.382 e. The van der Waals surface area contributed by atoms with Gasteiger partial charge in [0.2, 0.25) is 5.60 Å². The second kappa shape index (κ2) is 5.90. The molecule has 158 valence electrons. The van der Waals surface area contributed by atoms with Crippen LogP contribution in [-0.4, -0.2) is 57.2 Å². The third-order valence-electron chi connectivity index (χ3n) is 6.44. The van der Waals surface area contributed by atoms with E-state index in [2.05, 4.69) is 16.2 Å². The third kappa shape index (κ3) is 2.24. The number of nitrogen functional groups attached to an aromatic ring is 1. The van der Waals surface area contributed by atoms with E-state index in [1.807, 2.05) is 13.8 Å². The molecule has 30 heavy (non-hydrogen) atoms. The number of ether oxygens (including phenoxy) is 5. The Morgan fingerprint density at radius 3 is 2.93 bits per heavy atom. The van der Waals surface area contributed by atoms with Crippen LogP contribution in [0.4, 0.5) is 5.82 Å². The first-order valence-electron chi connectivity index (χ1n) is 10.2. The Bertz CT molecular complexity index is 1060. The van der Waals surface area contributed by atoms with Crippen molar-refractivity contribution >= 4 is 11.3 Å². The lowest BCUT2D eigenvalue weighted by Crippen LogP contribution is -2.47. The van der Waals surface area contributed by atoms with E-state index in [1.165, 1.54) is 6.33 Å². The summed E-state index contributed by atoms with van der Waals surface area (Å²) in [6.45, 7) is 4.35. The second-order valence-electron chi connectivity index (χ2n) is 8.75. The maximum atomic E-state index is 10.3. The van der Waals surface area contributed by atoms with Gasteiger partial charge in [0.05, 0.1) is 5.69 Å². The van der Waals surface area contributed by atoms with Gasteiger partial charge < -0.3 is 29.4 Å². The smallest absolute Gasteiger partial charge is 0.226 e. The molecule has 1 spiro atoms. The van der Waals surface area contributed by atoms with Crippen LogP contribution in [0.1, 0.15) is 38.8 Å². The first kappa shape index (κ1) is 18.5. The van der Waals surface area contributed by atoms with Crippen molar-refractivity contribution in [3.63, 3.8) is 0 Å². The van der Waals surface area contributed by atoms with Crippen LogP contribution in [0, 0.1) is 11.3 Å². The lowest BCUT2D eigenvalue weighted by molar-refractivity contribution is -0.196. The summed E-state index contributed by atoms with van der Waals surface area (Å²) in [6, 6.07) is 5.89. The molecule has 0 radical (unpaired) electrons. The Morgan fingerprint density at radius 2 is 2.17 bits per heavy atom. The summed E-state index contributed by atoms with van der Waals surface area (Å²) in [6.07, 6.45) is 2.48. The van der Waals surface area contributed by atoms with Gasteiger partial charge in [-0.05, 0) is 45.2 Å². The van der Waals surface area contributed by atoms with Crippen molar-refractivity contribution in [3.05, 3.63) is 24.2 Å². The fourth-order valence-corrected chi connectivity index (χ4v) is 5.16. The van der Waals surface area contributed by atoms with Crippen LogP contribution >= 0.6 is 0 Å². The number of aromatic nitrogens is 3. The fourth-order valence-electron chi connectivity index (χ4n) is 5.16. The first-order chi connectivity index (χ1) is 14.4. The maximum absolute atomic E-state index is 10.3. The highest BCUT2D eigenvalue weighted by Crippen LogP contribution is 2.67. The summed E-state index contributed by atoms with van der Waals surface area (Å²) < 4.78 is 32.5. The topological polar surface area (TPSA) is 126 Å². The summed E-state index contributed by atoms with van der Waals surface area (Å²) in [5.41, 5.74) is 4.81. The number of nitriles is 1. The van der Waals surface area contributed by atoms with Crippen LogP contribution in [0.15, 0.2) is 18.5 Å². The van der Waals surface area contributed by atoms with Crippen LogP contribution in [0.5, 0.6) is 0 Å². The molecule has 3 unspecified atom stereocenters. The van der Waals surface area contributed by atoms with E-state index in [4.69, 9.17) is 29.4 Å². The molecule has 4 fully saturated rings. The first-order valence-corrected chi connectivity index (χ1v) is 10.2. The van der Waals surface area contributed by atoms with E-state index in [0.717, 1.165) is 19.3 Å².